The molecular formula is C17H17NO4. The first-order valence-corrected chi connectivity index (χ1v) is 7.47. The van der Waals surface area contributed by atoms with Crippen LogP contribution < -0.4 is 0 Å². The molecule has 0 aliphatic heterocycles. The second-order valence-electron chi connectivity index (χ2n) is 5.43. The number of hydrogen-bond acceptors (Lipinski definition) is 5. The summed E-state index contributed by atoms with van der Waals surface area (Å²) in [6.45, 7) is 2.07. The summed E-state index contributed by atoms with van der Waals surface area (Å²) in [6, 6.07) is 6.90. The van der Waals surface area contributed by atoms with Crippen molar-refractivity contribution in [3.63, 3.8) is 0 Å². The summed E-state index contributed by atoms with van der Waals surface area (Å²) in [5.41, 5.74) is 1.06. The number of aliphatic hydroxyl groups is 1. The Labute approximate surface area is 128 Å². The summed E-state index contributed by atoms with van der Waals surface area (Å²) in [5.74, 6) is -0.413. The van der Waals surface area contributed by atoms with Gasteiger partial charge in [0.05, 0.1) is 0 Å². The van der Waals surface area contributed by atoms with Gasteiger partial charge in [0.1, 0.15) is 0 Å². The van der Waals surface area contributed by atoms with Gasteiger partial charge in [-0.15, -0.1) is 0 Å². The maximum Gasteiger partial charge on any atom is 0.255 e. The first-order chi connectivity index (χ1) is 10.7. The smallest absolute Gasteiger partial charge is 0.255 e. The van der Waals surface area contributed by atoms with E-state index >= 15 is 0 Å². The third kappa shape index (κ3) is 2.27. The monoisotopic (exact) mass is 299 g/mol. The van der Waals surface area contributed by atoms with Gasteiger partial charge in [-0.3, -0.25) is 9.59 Å². The summed E-state index contributed by atoms with van der Waals surface area (Å²) in [5, 5.41) is 9.19. The van der Waals surface area contributed by atoms with E-state index in [9.17, 15) is 14.7 Å². The van der Waals surface area contributed by atoms with E-state index in [2.05, 4.69) is 4.98 Å². The van der Waals surface area contributed by atoms with Gasteiger partial charge >= 0.3 is 0 Å². The van der Waals surface area contributed by atoms with Crippen molar-refractivity contribution in [1.29, 1.82) is 0 Å². The van der Waals surface area contributed by atoms with E-state index in [-0.39, 0.29) is 18.2 Å². The average Bonchev–Trinajstić information content (AvgIpc) is 2.98. The number of aromatic nitrogens is 1. The normalized spacial score (nSPS) is 14.6. The third-order valence-electron chi connectivity index (χ3n) is 3.95. The number of benzene rings is 1. The molecule has 1 aliphatic rings. The van der Waals surface area contributed by atoms with Crippen LogP contribution in [-0.4, -0.2) is 28.3 Å². The molecule has 1 N–H and O–H groups in total. The predicted molar refractivity (Wildman–Crippen MR) is 80.0 cm³/mol. The van der Waals surface area contributed by atoms with Crippen molar-refractivity contribution in [2.45, 2.75) is 32.1 Å². The molecule has 1 aromatic heterocycles. The molecule has 1 atom stereocenters. The number of hydrogen-bond donors (Lipinski definition) is 1. The topological polar surface area (TPSA) is 80.4 Å². The van der Waals surface area contributed by atoms with Gasteiger partial charge in [-0.05, 0) is 12.8 Å². The van der Waals surface area contributed by atoms with E-state index in [0.717, 1.165) is 12.8 Å². The highest BCUT2D eigenvalue weighted by Crippen LogP contribution is 2.36. The number of carbonyl (C=O) groups is 2. The molecule has 1 aliphatic carbocycles. The van der Waals surface area contributed by atoms with Crippen molar-refractivity contribution >= 4 is 11.6 Å². The molecule has 0 saturated carbocycles. The molecule has 22 heavy (non-hydrogen) atoms. The number of rotatable bonds is 5. The predicted octanol–water partition coefficient (Wildman–Crippen LogP) is 2.99. The molecule has 3 rings (SSSR count). The Hall–Kier alpha value is -2.27. The Kier molecular flexibility index (Phi) is 3.90. The molecule has 114 valence electrons. The molecule has 1 unspecified atom stereocenters. The molecule has 0 amide bonds. The first kappa shape index (κ1) is 14.7. The number of ketones is 2. The molecule has 0 fully saturated rings. The van der Waals surface area contributed by atoms with Crippen molar-refractivity contribution in [2.75, 3.05) is 6.61 Å². The third-order valence-corrected chi connectivity index (χ3v) is 3.95. The second kappa shape index (κ2) is 5.85. The van der Waals surface area contributed by atoms with E-state index in [1.54, 1.807) is 24.3 Å². The number of oxazole rings is 1. The van der Waals surface area contributed by atoms with Crippen LogP contribution in [0.4, 0.5) is 0 Å². The van der Waals surface area contributed by atoms with Gasteiger partial charge in [-0.25, -0.2) is 4.98 Å². The lowest BCUT2D eigenvalue weighted by Gasteiger charge is -2.11. The van der Waals surface area contributed by atoms with Crippen molar-refractivity contribution in [3.8, 4) is 11.3 Å². The van der Waals surface area contributed by atoms with Gasteiger partial charge in [0.2, 0.25) is 5.78 Å². The van der Waals surface area contributed by atoms with Gasteiger partial charge in [0.15, 0.2) is 17.3 Å². The van der Waals surface area contributed by atoms with Crippen LogP contribution in [0.5, 0.6) is 0 Å². The van der Waals surface area contributed by atoms with Gasteiger partial charge in [-0.2, -0.15) is 0 Å². The number of nitrogens with zero attached hydrogens (tertiary/aromatic N) is 1. The Morgan fingerprint density at radius 3 is 2.55 bits per heavy atom. The van der Waals surface area contributed by atoms with Crippen molar-refractivity contribution in [2.24, 2.45) is 0 Å². The highest BCUT2D eigenvalue weighted by Gasteiger charge is 2.36. The van der Waals surface area contributed by atoms with Crippen LogP contribution in [-0.2, 0) is 0 Å². The van der Waals surface area contributed by atoms with Crippen molar-refractivity contribution in [1.82, 2.24) is 4.98 Å². The van der Waals surface area contributed by atoms with Crippen LogP contribution in [0.2, 0.25) is 0 Å². The first-order valence-electron chi connectivity index (χ1n) is 7.47. The number of fused-ring (bicyclic) bond motifs is 3. The molecule has 0 radical (unpaired) electrons. The van der Waals surface area contributed by atoms with Gasteiger partial charge in [0, 0.05) is 23.7 Å². The maximum absolute atomic E-state index is 12.2. The molecule has 0 spiro atoms. The molecule has 5 heteroatoms. The summed E-state index contributed by atoms with van der Waals surface area (Å²) in [6.07, 6.45) is 2.25. The van der Waals surface area contributed by atoms with Crippen LogP contribution in [0.25, 0.3) is 11.3 Å². The molecule has 2 aromatic rings. The van der Waals surface area contributed by atoms with Crippen LogP contribution in [0, 0.1) is 0 Å². The van der Waals surface area contributed by atoms with Crippen LogP contribution in [0.1, 0.15) is 58.8 Å². The molecule has 5 nitrogen and oxygen atoms in total. The van der Waals surface area contributed by atoms with E-state index < -0.39 is 11.6 Å². The van der Waals surface area contributed by atoms with Gasteiger partial charge < -0.3 is 9.52 Å². The average molecular weight is 299 g/mol. The van der Waals surface area contributed by atoms with Crippen molar-refractivity contribution in [3.05, 3.63) is 41.4 Å². The Bertz CT molecular complexity index is 726. The SMILES string of the molecule is CCCC(CCO)c1nc2c(o1)-c1ccccc1C(=O)C2=O. The van der Waals surface area contributed by atoms with Crippen molar-refractivity contribution < 1.29 is 19.1 Å². The molecule has 0 saturated heterocycles. The maximum atomic E-state index is 12.2. The lowest BCUT2D eigenvalue weighted by Crippen LogP contribution is -2.20. The minimum Gasteiger partial charge on any atom is -0.440 e. The molecular weight excluding hydrogens is 282 g/mol. The fraction of sp³-hybridized carbons (Fsp3) is 0.353. The summed E-state index contributed by atoms with van der Waals surface area (Å²) in [4.78, 5) is 28.6. The van der Waals surface area contributed by atoms with Gasteiger partial charge in [0.25, 0.3) is 5.78 Å². The van der Waals surface area contributed by atoms with Gasteiger partial charge in [-0.1, -0.05) is 37.6 Å². The Balaban J connectivity index is 2.10. The fourth-order valence-corrected chi connectivity index (χ4v) is 2.85. The largest absolute Gasteiger partial charge is 0.440 e. The number of carbonyl (C=O) groups excluding carboxylic acids is 2. The fourth-order valence-electron chi connectivity index (χ4n) is 2.85. The molecule has 1 aromatic carbocycles. The molecule has 1 heterocycles. The number of aliphatic hydroxyl groups excluding tert-OH is 1. The molecule has 0 bridgehead atoms. The standard InChI is InChI=1S/C17H17NO4/c1-2-5-10(8-9-19)17-18-13-15(21)14(20)11-6-3-4-7-12(11)16(13)22-17/h3-4,6-7,10,19H,2,5,8-9H2,1H3. The van der Waals surface area contributed by atoms with Crippen LogP contribution >= 0.6 is 0 Å². The van der Waals surface area contributed by atoms with E-state index in [0.29, 0.717) is 29.2 Å². The minimum absolute atomic E-state index is 0.0289. The quantitative estimate of drug-likeness (QED) is 0.858. The number of Topliss-reactive ketones (excluding diaryl/α,β-unsaturated/α-hetero) is 2. The Morgan fingerprint density at radius 1 is 1.14 bits per heavy atom. The van der Waals surface area contributed by atoms with E-state index in [1.165, 1.54) is 0 Å². The van der Waals surface area contributed by atoms with Crippen LogP contribution in [0.15, 0.2) is 28.7 Å². The minimum atomic E-state index is -0.622. The highest BCUT2D eigenvalue weighted by molar-refractivity contribution is 6.52. The van der Waals surface area contributed by atoms with E-state index in [4.69, 9.17) is 4.42 Å². The zero-order valence-electron chi connectivity index (χ0n) is 12.3. The van der Waals surface area contributed by atoms with Crippen LogP contribution in [0.3, 0.4) is 0 Å². The summed E-state index contributed by atoms with van der Waals surface area (Å²) in [7, 11) is 0. The zero-order chi connectivity index (χ0) is 15.7. The highest BCUT2D eigenvalue weighted by atomic mass is 16.4. The zero-order valence-corrected chi connectivity index (χ0v) is 12.3. The Morgan fingerprint density at radius 2 is 1.86 bits per heavy atom. The lowest BCUT2D eigenvalue weighted by molar-refractivity contribution is 0.0812. The summed E-state index contributed by atoms with van der Waals surface area (Å²) < 4.78 is 5.82. The second-order valence-corrected chi connectivity index (χ2v) is 5.43. The lowest BCUT2D eigenvalue weighted by atomic mass is 9.91. The van der Waals surface area contributed by atoms with E-state index in [1.807, 2.05) is 6.92 Å². The summed E-state index contributed by atoms with van der Waals surface area (Å²) >= 11 is 0.